The first kappa shape index (κ1) is 10.9. The van der Waals surface area contributed by atoms with Gasteiger partial charge in [-0.3, -0.25) is 0 Å². The van der Waals surface area contributed by atoms with Crippen molar-refractivity contribution in [2.24, 2.45) is 0 Å². The summed E-state index contributed by atoms with van der Waals surface area (Å²) in [6.07, 6.45) is 0.797. The van der Waals surface area contributed by atoms with Gasteiger partial charge in [-0.25, -0.2) is 4.79 Å². The summed E-state index contributed by atoms with van der Waals surface area (Å²) in [5, 5.41) is 10.4. The SMILES string of the molecule is CCc1ccsc1C(=O)O.c1cc2ccc1-2. The fourth-order valence-corrected chi connectivity index (χ4v) is 2.30. The molecule has 0 saturated heterocycles. The van der Waals surface area contributed by atoms with Crippen LogP contribution in [-0.2, 0) is 6.42 Å². The number of carboxylic acids is 1. The molecule has 1 N–H and O–H groups in total. The number of hydrogen-bond donors (Lipinski definition) is 1. The Bertz CT molecular complexity index is 476. The first-order chi connectivity index (χ1) is 7.72. The van der Waals surface area contributed by atoms with Crippen molar-refractivity contribution in [3.8, 4) is 11.1 Å². The summed E-state index contributed by atoms with van der Waals surface area (Å²) in [4.78, 5) is 10.9. The predicted molar refractivity (Wildman–Crippen MR) is 66.1 cm³/mol. The summed E-state index contributed by atoms with van der Waals surface area (Å²) in [6.45, 7) is 1.95. The molecular formula is C13H12O2S. The van der Waals surface area contributed by atoms with Gasteiger partial charge < -0.3 is 5.11 Å². The minimum Gasteiger partial charge on any atom is -0.477 e. The van der Waals surface area contributed by atoms with Gasteiger partial charge in [-0.1, -0.05) is 31.2 Å². The van der Waals surface area contributed by atoms with Crippen molar-refractivity contribution in [2.75, 3.05) is 0 Å². The lowest BCUT2D eigenvalue weighted by atomic mass is 9.95. The number of thiophene rings is 1. The molecule has 1 aromatic heterocycles. The van der Waals surface area contributed by atoms with Crippen LogP contribution in [0.1, 0.15) is 22.2 Å². The van der Waals surface area contributed by atoms with E-state index in [0.29, 0.717) is 4.88 Å². The number of hydrogen-bond acceptors (Lipinski definition) is 2. The molecule has 0 spiro atoms. The van der Waals surface area contributed by atoms with E-state index in [1.807, 2.05) is 18.4 Å². The second-order valence-corrected chi connectivity index (χ2v) is 4.43. The minimum absolute atomic E-state index is 0.475. The van der Waals surface area contributed by atoms with Crippen LogP contribution in [0.25, 0.3) is 11.1 Å². The second kappa shape index (κ2) is 4.49. The molecule has 0 aliphatic heterocycles. The van der Waals surface area contributed by atoms with Crippen molar-refractivity contribution in [3.05, 3.63) is 46.2 Å². The van der Waals surface area contributed by atoms with Gasteiger partial charge in [-0.05, 0) is 34.6 Å². The molecule has 2 aliphatic carbocycles. The Morgan fingerprint density at radius 3 is 2.00 bits per heavy atom. The molecule has 3 rings (SSSR count). The molecule has 0 aromatic carbocycles. The van der Waals surface area contributed by atoms with E-state index >= 15 is 0 Å². The lowest BCUT2D eigenvalue weighted by molar-refractivity contribution is 0.0701. The number of aromatic carboxylic acids is 1. The molecule has 0 amide bonds. The Hall–Kier alpha value is -1.61. The van der Waals surface area contributed by atoms with Crippen molar-refractivity contribution in [1.29, 1.82) is 0 Å². The molecule has 2 aliphatic rings. The van der Waals surface area contributed by atoms with Gasteiger partial charge in [-0.2, -0.15) is 0 Å². The maximum atomic E-state index is 10.5. The molecule has 82 valence electrons. The van der Waals surface area contributed by atoms with Gasteiger partial charge in [0.25, 0.3) is 0 Å². The van der Waals surface area contributed by atoms with E-state index in [1.54, 1.807) is 0 Å². The second-order valence-electron chi connectivity index (χ2n) is 3.51. The van der Waals surface area contributed by atoms with Crippen molar-refractivity contribution in [3.63, 3.8) is 0 Å². The highest BCUT2D eigenvalue weighted by atomic mass is 32.1. The van der Waals surface area contributed by atoms with Gasteiger partial charge in [0.2, 0.25) is 0 Å². The molecule has 0 fully saturated rings. The van der Waals surface area contributed by atoms with E-state index in [0.717, 1.165) is 12.0 Å². The highest BCUT2D eigenvalue weighted by molar-refractivity contribution is 7.12. The van der Waals surface area contributed by atoms with Crippen LogP contribution in [0, 0.1) is 0 Å². The predicted octanol–water partition coefficient (Wildman–Crippen LogP) is 3.68. The Balaban J connectivity index is 0.000000134. The van der Waals surface area contributed by atoms with Crippen molar-refractivity contribution in [1.82, 2.24) is 0 Å². The smallest absolute Gasteiger partial charge is 0.346 e. The fraction of sp³-hybridized carbons (Fsp3) is 0.154. The molecule has 0 radical (unpaired) electrons. The van der Waals surface area contributed by atoms with Crippen LogP contribution in [0.2, 0.25) is 0 Å². The summed E-state index contributed by atoms with van der Waals surface area (Å²) in [5.74, 6) is -0.813. The molecule has 2 nitrogen and oxygen atoms in total. The zero-order valence-electron chi connectivity index (χ0n) is 8.93. The van der Waals surface area contributed by atoms with E-state index in [-0.39, 0.29) is 0 Å². The summed E-state index contributed by atoms with van der Waals surface area (Å²) >= 11 is 1.28. The van der Waals surface area contributed by atoms with Crippen LogP contribution < -0.4 is 0 Å². The Morgan fingerprint density at radius 2 is 1.75 bits per heavy atom. The van der Waals surface area contributed by atoms with Crippen LogP contribution in [0.3, 0.4) is 0 Å². The van der Waals surface area contributed by atoms with Crippen molar-refractivity contribution >= 4 is 17.3 Å². The van der Waals surface area contributed by atoms with Gasteiger partial charge in [0.1, 0.15) is 4.88 Å². The Labute approximate surface area is 98.2 Å². The minimum atomic E-state index is -0.813. The van der Waals surface area contributed by atoms with Crippen LogP contribution in [0.15, 0.2) is 35.7 Å². The fourth-order valence-electron chi connectivity index (χ4n) is 1.46. The van der Waals surface area contributed by atoms with E-state index < -0.39 is 5.97 Å². The number of fused-ring (bicyclic) bond motifs is 1. The van der Waals surface area contributed by atoms with Gasteiger partial charge in [0.05, 0.1) is 0 Å². The number of carbonyl (C=O) groups is 1. The van der Waals surface area contributed by atoms with Gasteiger partial charge in [0.15, 0.2) is 0 Å². The summed E-state index contributed by atoms with van der Waals surface area (Å²) in [7, 11) is 0. The summed E-state index contributed by atoms with van der Waals surface area (Å²) < 4.78 is 0. The highest BCUT2D eigenvalue weighted by Crippen LogP contribution is 2.29. The van der Waals surface area contributed by atoms with Gasteiger partial charge in [-0.15, -0.1) is 11.3 Å². The molecule has 0 saturated carbocycles. The molecule has 1 heterocycles. The Morgan fingerprint density at radius 1 is 1.19 bits per heavy atom. The molecule has 16 heavy (non-hydrogen) atoms. The van der Waals surface area contributed by atoms with Gasteiger partial charge in [0, 0.05) is 0 Å². The van der Waals surface area contributed by atoms with E-state index in [2.05, 4.69) is 24.3 Å². The highest BCUT2D eigenvalue weighted by Gasteiger charge is 2.08. The molecule has 0 atom stereocenters. The van der Waals surface area contributed by atoms with Crippen LogP contribution in [0.5, 0.6) is 0 Å². The quantitative estimate of drug-likeness (QED) is 0.731. The number of benzene rings is 1. The molecular weight excluding hydrogens is 220 g/mol. The zero-order valence-corrected chi connectivity index (χ0v) is 9.75. The first-order valence-electron chi connectivity index (χ1n) is 5.12. The maximum absolute atomic E-state index is 10.5. The number of carboxylic acid groups (broad SMARTS) is 1. The van der Waals surface area contributed by atoms with Gasteiger partial charge >= 0.3 is 5.97 Å². The van der Waals surface area contributed by atoms with E-state index in [1.165, 1.54) is 22.5 Å². The topological polar surface area (TPSA) is 37.3 Å². The molecule has 0 unspecified atom stereocenters. The molecule has 3 heteroatoms. The summed E-state index contributed by atoms with van der Waals surface area (Å²) in [6, 6.07) is 10.3. The van der Waals surface area contributed by atoms with Crippen LogP contribution >= 0.6 is 11.3 Å². The largest absolute Gasteiger partial charge is 0.477 e. The summed E-state index contributed by atoms with van der Waals surface area (Å²) in [5.41, 5.74) is 3.78. The number of rotatable bonds is 2. The van der Waals surface area contributed by atoms with Crippen molar-refractivity contribution < 1.29 is 9.90 Å². The molecule has 1 aromatic rings. The van der Waals surface area contributed by atoms with E-state index in [9.17, 15) is 4.79 Å². The van der Waals surface area contributed by atoms with Crippen molar-refractivity contribution in [2.45, 2.75) is 13.3 Å². The lowest BCUT2D eigenvalue weighted by Crippen LogP contribution is -1.95. The third kappa shape index (κ3) is 1.99. The average Bonchev–Trinajstić information content (AvgIpc) is 2.72. The average molecular weight is 232 g/mol. The van der Waals surface area contributed by atoms with Crippen LogP contribution in [0.4, 0.5) is 0 Å². The standard InChI is InChI=1S/C7H8O2S.C6H4/c1-2-5-3-4-10-6(5)7(8)9;1-2-6-4-3-5(1)6/h3-4H,2H2,1H3,(H,8,9);1-4H. The third-order valence-electron chi connectivity index (χ3n) is 2.54. The molecule has 0 bridgehead atoms. The third-order valence-corrected chi connectivity index (χ3v) is 3.48. The number of aryl methyl sites for hydroxylation is 1. The zero-order chi connectivity index (χ0) is 11.5. The first-order valence-corrected chi connectivity index (χ1v) is 6.00. The normalized spacial score (nSPS) is 10.3. The maximum Gasteiger partial charge on any atom is 0.346 e. The Kier molecular flexibility index (Phi) is 3.06. The van der Waals surface area contributed by atoms with Crippen LogP contribution in [-0.4, -0.2) is 11.1 Å². The van der Waals surface area contributed by atoms with E-state index in [4.69, 9.17) is 5.11 Å². The lowest BCUT2D eigenvalue weighted by Gasteiger charge is -2.10. The monoisotopic (exact) mass is 232 g/mol.